The van der Waals surface area contributed by atoms with Gasteiger partial charge in [-0.3, -0.25) is 4.79 Å². The molecule has 2 aromatic carbocycles. The Bertz CT molecular complexity index is 912. The van der Waals surface area contributed by atoms with Gasteiger partial charge >= 0.3 is 0 Å². The number of Topliss-reactive ketones (excluding diaryl/α,β-unsaturated/α-hetero) is 1. The van der Waals surface area contributed by atoms with Crippen LogP contribution in [0.15, 0.2) is 52.9 Å². The topological polar surface area (TPSA) is 52.3 Å². The number of nitrogens with zero attached hydrogens (tertiary/aromatic N) is 1. The summed E-state index contributed by atoms with van der Waals surface area (Å²) in [6.07, 6.45) is 2.10. The third-order valence-corrected chi connectivity index (χ3v) is 4.52. The Kier molecular flexibility index (Phi) is 4.10. The fourth-order valence-corrected chi connectivity index (χ4v) is 3.15. The van der Waals surface area contributed by atoms with E-state index in [1.165, 1.54) is 0 Å². The SMILES string of the molecule is Cc1oc(-c2ccccc2)nc1CCOc1ccc2c(c1)CCC2=O. The van der Waals surface area contributed by atoms with Gasteiger partial charge in [-0.05, 0) is 49.2 Å². The molecule has 4 nitrogen and oxygen atoms in total. The molecular weight excluding hydrogens is 314 g/mol. The summed E-state index contributed by atoms with van der Waals surface area (Å²) < 4.78 is 11.6. The Morgan fingerprint density at radius 2 is 1.96 bits per heavy atom. The van der Waals surface area contributed by atoms with Crippen LogP contribution in [-0.4, -0.2) is 17.4 Å². The van der Waals surface area contributed by atoms with Gasteiger partial charge in [0.25, 0.3) is 0 Å². The van der Waals surface area contributed by atoms with Gasteiger partial charge in [0, 0.05) is 24.0 Å². The molecule has 4 rings (SSSR count). The first-order chi connectivity index (χ1) is 12.2. The fraction of sp³-hybridized carbons (Fsp3) is 0.238. The molecule has 3 aromatic rings. The lowest BCUT2D eigenvalue weighted by Gasteiger charge is -2.07. The van der Waals surface area contributed by atoms with Crippen LogP contribution in [0.5, 0.6) is 5.75 Å². The van der Waals surface area contributed by atoms with Crippen LogP contribution in [0.2, 0.25) is 0 Å². The number of aryl methyl sites for hydroxylation is 2. The fourth-order valence-electron chi connectivity index (χ4n) is 3.15. The molecule has 0 N–H and O–H groups in total. The van der Waals surface area contributed by atoms with E-state index < -0.39 is 0 Å². The molecule has 0 bridgehead atoms. The van der Waals surface area contributed by atoms with Crippen LogP contribution in [-0.2, 0) is 12.8 Å². The number of aromatic nitrogens is 1. The second kappa shape index (κ2) is 6.55. The first-order valence-electron chi connectivity index (χ1n) is 8.51. The van der Waals surface area contributed by atoms with Crippen LogP contribution in [0.4, 0.5) is 0 Å². The van der Waals surface area contributed by atoms with Crippen molar-refractivity contribution in [2.45, 2.75) is 26.2 Å². The molecule has 0 saturated heterocycles. The quantitative estimate of drug-likeness (QED) is 0.694. The highest BCUT2D eigenvalue weighted by Crippen LogP contribution is 2.26. The second-order valence-electron chi connectivity index (χ2n) is 6.23. The third-order valence-electron chi connectivity index (χ3n) is 4.52. The minimum Gasteiger partial charge on any atom is -0.493 e. The summed E-state index contributed by atoms with van der Waals surface area (Å²) >= 11 is 0. The lowest BCUT2D eigenvalue weighted by atomic mass is 10.1. The number of oxazole rings is 1. The van der Waals surface area contributed by atoms with E-state index in [4.69, 9.17) is 9.15 Å². The number of fused-ring (bicyclic) bond motifs is 1. The Morgan fingerprint density at radius 3 is 2.80 bits per heavy atom. The van der Waals surface area contributed by atoms with Crippen LogP contribution >= 0.6 is 0 Å². The van der Waals surface area contributed by atoms with Crippen molar-refractivity contribution in [3.63, 3.8) is 0 Å². The average molecular weight is 333 g/mol. The zero-order valence-electron chi connectivity index (χ0n) is 14.1. The highest BCUT2D eigenvalue weighted by Gasteiger charge is 2.19. The molecule has 126 valence electrons. The molecule has 0 aliphatic heterocycles. The third kappa shape index (κ3) is 3.20. The molecule has 0 spiro atoms. The molecule has 0 unspecified atom stereocenters. The van der Waals surface area contributed by atoms with Gasteiger partial charge in [-0.25, -0.2) is 4.98 Å². The normalized spacial score (nSPS) is 13.1. The molecule has 1 aromatic heterocycles. The van der Waals surface area contributed by atoms with Gasteiger partial charge < -0.3 is 9.15 Å². The average Bonchev–Trinajstić information content (AvgIpc) is 3.19. The van der Waals surface area contributed by atoms with Gasteiger partial charge in [0.15, 0.2) is 5.78 Å². The van der Waals surface area contributed by atoms with Crippen LogP contribution in [0.3, 0.4) is 0 Å². The lowest BCUT2D eigenvalue weighted by molar-refractivity contribution is 0.0994. The molecule has 1 aliphatic carbocycles. The minimum atomic E-state index is 0.230. The Labute approximate surface area is 146 Å². The largest absolute Gasteiger partial charge is 0.493 e. The van der Waals surface area contributed by atoms with E-state index in [0.717, 1.165) is 40.3 Å². The maximum Gasteiger partial charge on any atom is 0.226 e. The Balaban J connectivity index is 1.41. The Hall–Kier alpha value is -2.88. The van der Waals surface area contributed by atoms with Crippen molar-refractivity contribution in [1.82, 2.24) is 4.98 Å². The molecule has 0 radical (unpaired) electrons. The number of ether oxygens (including phenoxy) is 1. The van der Waals surface area contributed by atoms with Crippen LogP contribution < -0.4 is 4.74 Å². The van der Waals surface area contributed by atoms with Crippen molar-refractivity contribution in [1.29, 1.82) is 0 Å². The number of hydrogen-bond donors (Lipinski definition) is 0. The molecule has 0 atom stereocenters. The summed E-state index contributed by atoms with van der Waals surface area (Å²) in [5.41, 5.74) is 3.81. The maximum absolute atomic E-state index is 11.7. The number of hydrogen-bond acceptors (Lipinski definition) is 4. The van der Waals surface area contributed by atoms with E-state index in [-0.39, 0.29) is 5.78 Å². The number of rotatable bonds is 5. The number of carbonyl (C=O) groups is 1. The summed E-state index contributed by atoms with van der Waals surface area (Å²) in [6.45, 7) is 2.45. The van der Waals surface area contributed by atoms with Crippen molar-refractivity contribution < 1.29 is 13.9 Å². The predicted molar refractivity (Wildman–Crippen MR) is 95.0 cm³/mol. The van der Waals surface area contributed by atoms with Crippen molar-refractivity contribution in [3.05, 3.63) is 71.1 Å². The molecule has 1 heterocycles. The highest BCUT2D eigenvalue weighted by atomic mass is 16.5. The van der Waals surface area contributed by atoms with Gasteiger partial charge in [-0.15, -0.1) is 0 Å². The lowest BCUT2D eigenvalue weighted by Crippen LogP contribution is -2.03. The molecular formula is C21H19NO3. The second-order valence-corrected chi connectivity index (χ2v) is 6.23. The van der Waals surface area contributed by atoms with Crippen LogP contribution in [0.1, 0.15) is 33.8 Å². The molecule has 4 heteroatoms. The summed E-state index contributed by atoms with van der Waals surface area (Å²) in [6, 6.07) is 15.6. The first kappa shape index (κ1) is 15.6. The molecule has 25 heavy (non-hydrogen) atoms. The van der Waals surface area contributed by atoms with Crippen molar-refractivity contribution >= 4 is 5.78 Å². The summed E-state index contributed by atoms with van der Waals surface area (Å²) in [5, 5.41) is 0. The molecule has 0 saturated carbocycles. The van der Waals surface area contributed by atoms with Crippen LogP contribution in [0.25, 0.3) is 11.5 Å². The summed E-state index contributed by atoms with van der Waals surface area (Å²) in [4.78, 5) is 16.3. The van der Waals surface area contributed by atoms with E-state index in [1.807, 2.05) is 55.5 Å². The van der Waals surface area contributed by atoms with Crippen LogP contribution in [0, 0.1) is 6.92 Å². The van der Waals surface area contributed by atoms with E-state index >= 15 is 0 Å². The molecule has 0 amide bonds. The molecule has 0 fully saturated rings. The smallest absolute Gasteiger partial charge is 0.226 e. The summed E-state index contributed by atoms with van der Waals surface area (Å²) in [5.74, 6) is 2.50. The Morgan fingerprint density at radius 1 is 1.12 bits per heavy atom. The van der Waals surface area contributed by atoms with Gasteiger partial charge in [-0.2, -0.15) is 0 Å². The minimum absolute atomic E-state index is 0.230. The van der Waals surface area contributed by atoms with Crippen molar-refractivity contribution in [2.24, 2.45) is 0 Å². The van der Waals surface area contributed by atoms with Crippen molar-refractivity contribution in [3.8, 4) is 17.2 Å². The van der Waals surface area contributed by atoms with Gasteiger partial charge in [0.2, 0.25) is 5.89 Å². The first-order valence-corrected chi connectivity index (χ1v) is 8.51. The monoisotopic (exact) mass is 333 g/mol. The van der Waals surface area contributed by atoms with Crippen molar-refractivity contribution in [2.75, 3.05) is 6.61 Å². The number of ketones is 1. The van der Waals surface area contributed by atoms with Gasteiger partial charge in [0.05, 0.1) is 12.3 Å². The zero-order valence-corrected chi connectivity index (χ0v) is 14.1. The van der Waals surface area contributed by atoms with E-state index in [9.17, 15) is 4.79 Å². The highest BCUT2D eigenvalue weighted by molar-refractivity contribution is 6.00. The standard InChI is InChI=1S/C21H19NO3/c1-14-19(22-21(25-14)15-5-3-2-4-6-15)11-12-24-17-8-9-18-16(13-17)7-10-20(18)23/h2-6,8-9,13H,7,10-12H2,1H3. The zero-order chi connectivity index (χ0) is 17.2. The molecule has 1 aliphatic rings. The predicted octanol–water partition coefficient (Wildman–Crippen LogP) is 4.40. The summed E-state index contributed by atoms with van der Waals surface area (Å²) in [7, 11) is 0. The van der Waals surface area contributed by atoms with E-state index in [0.29, 0.717) is 25.3 Å². The van der Waals surface area contributed by atoms with Gasteiger partial charge in [-0.1, -0.05) is 18.2 Å². The number of benzene rings is 2. The maximum atomic E-state index is 11.7. The van der Waals surface area contributed by atoms with E-state index in [1.54, 1.807) is 0 Å². The van der Waals surface area contributed by atoms with Gasteiger partial charge in [0.1, 0.15) is 11.5 Å². The number of carbonyl (C=O) groups excluding carboxylic acids is 1. The van der Waals surface area contributed by atoms with E-state index in [2.05, 4.69) is 4.98 Å².